The van der Waals surface area contributed by atoms with Gasteiger partial charge in [0.15, 0.2) is 11.6 Å². The van der Waals surface area contributed by atoms with Crippen LogP contribution in [0.2, 0.25) is 5.15 Å². The summed E-state index contributed by atoms with van der Waals surface area (Å²) in [6.45, 7) is 0. The summed E-state index contributed by atoms with van der Waals surface area (Å²) in [5.41, 5.74) is 0.230. The maximum absolute atomic E-state index is 13.5. The summed E-state index contributed by atoms with van der Waals surface area (Å²) in [5.74, 6) is -0.425. The van der Waals surface area contributed by atoms with Crippen LogP contribution in [-0.2, 0) is 0 Å². The van der Waals surface area contributed by atoms with Gasteiger partial charge in [-0.25, -0.2) is 9.37 Å². The van der Waals surface area contributed by atoms with E-state index in [-0.39, 0.29) is 22.3 Å². The molecule has 0 spiro atoms. The van der Waals surface area contributed by atoms with Crippen molar-refractivity contribution in [1.82, 2.24) is 4.98 Å². The number of pyridine rings is 1. The highest BCUT2D eigenvalue weighted by atomic mass is 35.5. The van der Waals surface area contributed by atoms with E-state index in [1.165, 1.54) is 12.1 Å². The van der Waals surface area contributed by atoms with Crippen LogP contribution in [0.3, 0.4) is 0 Å². The van der Waals surface area contributed by atoms with Crippen LogP contribution in [0.5, 0.6) is 11.6 Å². The molecule has 0 radical (unpaired) electrons. The SMILES string of the molecule is N#Cc1ccc(Oc2cccc(Cl)n2)c(F)c1. The van der Waals surface area contributed by atoms with Crippen molar-refractivity contribution in [1.29, 1.82) is 5.26 Å². The van der Waals surface area contributed by atoms with E-state index in [1.807, 2.05) is 6.07 Å². The Morgan fingerprint density at radius 3 is 2.76 bits per heavy atom. The van der Waals surface area contributed by atoms with E-state index in [4.69, 9.17) is 21.6 Å². The van der Waals surface area contributed by atoms with Gasteiger partial charge in [0.2, 0.25) is 5.88 Å². The molecule has 2 aromatic rings. The van der Waals surface area contributed by atoms with Gasteiger partial charge >= 0.3 is 0 Å². The summed E-state index contributed by atoms with van der Waals surface area (Å²) in [4.78, 5) is 3.86. The highest BCUT2D eigenvalue weighted by Crippen LogP contribution is 2.24. The van der Waals surface area contributed by atoms with Gasteiger partial charge in [-0.05, 0) is 24.3 Å². The lowest BCUT2D eigenvalue weighted by Gasteiger charge is -2.05. The van der Waals surface area contributed by atoms with Crippen molar-refractivity contribution in [3.8, 4) is 17.7 Å². The van der Waals surface area contributed by atoms with Crippen molar-refractivity contribution in [2.45, 2.75) is 0 Å². The van der Waals surface area contributed by atoms with Gasteiger partial charge in [-0.2, -0.15) is 5.26 Å². The van der Waals surface area contributed by atoms with Crippen LogP contribution in [-0.4, -0.2) is 4.98 Å². The molecular formula is C12H6ClFN2O. The number of hydrogen-bond donors (Lipinski definition) is 0. The van der Waals surface area contributed by atoms with E-state index in [9.17, 15) is 4.39 Å². The molecule has 1 heterocycles. The first-order chi connectivity index (χ1) is 8.19. The van der Waals surface area contributed by atoms with Gasteiger partial charge in [0.05, 0.1) is 11.6 Å². The van der Waals surface area contributed by atoms with Crippen molar-refractivity contribution < 1.29 is 9.13 Å². The zero-order valence-corrected chi connectivity index (χ0v) is 9.28. The fourth-order valence-electron chi connectivity index (χ4n) is 1.21. The Labute approximate surface area is 102 Å². The molecule has 0 fully saturated rings. The minimum atomic E-state index is -0.620. The van der Waals surface area contributed by atoms with Gasteiger partial charge < -0.3 is 4.74 Å². The van der Waals surface area contributed by atoms with Gasteiger partial charge in [0, 0.05) is 6.07 Å². The molecule has 0 unspecified atom stereocenters. The molecule has 17 heavy (non-hydrogen) atoms. The van der Waals surface area contributed by atoms with Crippen LogP contribution < -0.4 is 4.74 Å². The van der Waals surface area contributed by atoms with E-state index in [2.05, 4.69) is 4.98 Å². The molecule has 3 nitrogen and oxygen atoms in total. The quantitative estimate of drug-likeness (QED) is 0.764. The monoisotopic (exact) mass is 248 g/mol. The maximum atomic E-state index is 13.5. The number of benzene rings is 1. The number of nitriles is 1. The Hall–Kier alpha value is -2.12. The number of halogens is 2. The minimum absolute atomic E-state index is 0.00114. The summed E-state index contributed by atoms with van der Waals surface area (Å²) in [7, 11) is 0. The van der Waals surface area contributed by atoms with Crippen LogP contribution in [0.15, 0.2) is 36.4 Å². The van der Waals surface area contributed by atoms with Gasteiger partial charge in [0.25, 0.3) is 0 Å². The number of rotatable bonds is 2. The Morgan fingerprint density at radius 2 is 2.12 bits per heavy atom. The van der Waals surface area contributed by atoms with Gasteiger partial charge in [0.1, 0.15) is 5.15 Å². The average Bonchev–Trinajstić information content (AvgIpc) is 2.32. The second-order valence-electron chi connectivity index (χ2n) is 3.16. The number of hydrogen-bond acceptors (Lipinski definition) is 3. The Kier molecular flexibility index (Phi) is 3.22. The number of aromatic nitrogens is 1. The maximum Gasteiger partial charge on any atom is 0.220 e. The Bertz CT molecular complexity index is 595. The Balaban J connectivity index is 2.28. The first-order valence-corrected chi connectivity index (χ1v) is 5.07. The van der Waals surface area contributed by atoms with Crippen LogP contribution >= 0.6 is 11.6 Å². The van der Waals surface area contributed by atoms with Gasteiger partial charge in [-0.15, -0.1) is 0 Å². The lowest BCUT2D eigenvalue weighted by atomic mass is 10.2. The second-order valence-corrected chi connectivity index (χ2v) is 3.54. The normalized spacial score (nSPS) is 9.71. The Morgan fingerprint density at radius 1 is 1.29 bits per heavy atom. The molecule has 0 aliphatic heterocycles. The topological polar surface area (TPSA) is 45.9 Å². The van der Waals surface area contributed by atoms with Crippen molar-refractivity contribution in [3.05, 3.63) is 52.9 Å². The predicted molar refractivity (Wildman–Crippen MR) is 60.4 cm³/mol. The van der Waals surface area contributed by atoms with Crippen molar-refractivity contribution in [3.63, 3.8) is 0 Å². The summed E-state index contributed by atoms with van der Waals surface area (Å²) < 4.78 is 18.7. The standard InChI is InChI=1S/C12H6ClFN2O/c13-11-2-1-3-12(16-11)17-10-5-4-8(7-15)6-9(10)14/h1-6H. The molecule has 1 aromatic heterocycles. The summed E-state index contributed by atoms with van der Waals surface area (Å²) in [6.07, 6.45) is 0. The van der Waals surface area contributed by atoms with Crippen LogP contribution in [0.4, 0.5) is 4.39 Å². The minimum Gasteiger partial charge on any atom is -0.436 e. The molecule has 0 bridgehead atoms. The highest BCUT2D eigenvalue weighted by molar-refractivity contribution is 6.29. The van der Waals surface area contributed by atoms with Crippen LogP contribution in [0.25, 0.3) is 0 Å². The molecule has 0 amide bonds. The molecule has 0 aliphatic carbocycles. The lowest BCUT2D eigenvalue weighted by Crippen LogP contribution is -1.91. The van der Waals surface area contributed by atoms with Gasteiger partial charge in [-0.1, -0.05) is 17.7 Å². The molecule has 0 atom stereocenters. The average molecular weight is 249 g/mol. The first kappa shape index (κ1) is 11.4. The molecule has 84 valence electrons. The number of ether oxygens (including phenoxy) is 1. The predicted octanol–water partition coefficient (Wildman–Crippen LogP) is 3.54. The van der Waals surface area contributed by atoms with Crippen LogP contribution in [0, 0.1) is 17.1 Å². The smallest absolute Gasteiger partial charge is 0.220 e. The van der Waals surface area contributed by atoms with Gasteiger partial charge in [-0.3, -0.25) is 0 Å². The third kappa shape index (κ3) is 2.71. The highest BCUT2D eigenvalue weighted by Gasteiger charge is 2.06. The molecule has 0 saturated carbocycles. The van der Waals surface area contributed by atoms with Crippen molar-refractivity contribution in [2.24, 2.45) is 0 Å². The fourth-order valence-corrected chi connectivity index (χ4v) is 1.37. The second kappa shape index (κ2) is 4.81. The number of nitrogens with zero attached hydrogens (tertiary/aromatic N) is 2. The largest absolute Gasteiger partial charge is 0.436 e. The zero-order chi connectivity index (χ0) is 12.3. The fraction of sp³-hybridized carbons (Fsp3) is 0. The zero-order valence-electron chi connectivity index (χ0n) is 8.52. The summed E-state index contributed by atoms with van der Waals surface area (Å²) >= 11 is 5.67. The molecular weight excluding hydrogens is 243 g/mol. The molecule has 0 N–H and O–H groups in total. The molecule has 1 aromatic carbocycles. The first-order valence-electron chi connectivity index (χ1n) is 4.69. The molecule has 0 saturated heterocycles. The summed E-state index contributed by atoms with van der Waals surface area (Å²) in [5, 5.41) is 8.85. The molecule has 5 heteroatoms. The van der Waals surface area contributed by atoms with Crippen LogP contribution in [0.1, 0.15) is 5.56 Å². The van der Waals surface area contributed by atoms with E-state index in [0.29, 0.717) is 0 Å². The lowest BCUT2D eigenvalue weighted by molar-refractivity contribution is 0.427. The van der Waals surface area contributed by atoms with Crippen molar-refractivity contribution >= 4 is 11.6 Å². The summed E-state index contributed by atoms with van der Waals surface area (Å²) in [6, 6.07) is 10.6. The van der Waals surface area contributed by atoms with E-state index in [1.54, 1.807) is 18.2 Å². The van der Waals surface area contributed by atoms with E-state index < -0.39 is 5.82 Å². The molecule has 2 rings (SSSR count). The van der Waals surface area contributed by atoms with Crippen molar-refractivity contribution in [2.75, 3.05) is 0 Å². The third-order valence-electron chi connectivity index (χ3n) is 1.97. The third-order valence-corrected chi connectivity index (χ3v) is 2.18. The molecule has 0 aliphatic rings. The van der Waals surface area contributed by atoms with E-state index >= 15 is 0 Å². The van der Waals surface area contributed by atoms with E-state index in [0.717, 1.165) is 6.07 Å².